The molecule has 0 aromatic heterocycles. The van der Waals surface area contributed by atoms with Crippen LogP contribution in [0.15, 0.2) is 90.6 Å². The summed E-state index contributed by atoms with van der Waals surface area (Å²) in [5.74, 6) is -0.489. The molecule has 6 nitrogen and oxygen atoms in total. The molecule has 4 rings (SSSR count). The Labute approximate surface area is 199 Å². The molecule has 0 saturated carbocycles. The number of hydrogen-bond donors (Lipinski definition) is 1. The van der Waals surface area contributed by atoms with Crippen molar-refractivity contribution in [3.8, 4) is 0 Å². The molecule has 1 aliphatic heterocycles. The van der Waals surface area contributed by atoms with E-state index in [0.29, 0.717) is 37.3 Å². The molecule has 0 radical (unpaired) electrons. The molecule has 1 N–H and O–H groups in total. The van der Waals surface area contributed by atoms with Gasteiger partial charge in [-0.05, 0) is 55.0 Å². The zero-order valence-electron chi connectivity index (χ0n) is 19.1. The maximum Gasteiger partial charge on any atom is 0.270 e. The molecule has 6 heteroatoms. The van der Waals surface area contributed by atoms with Crippen molar-refractivity contribution in [3.63, 3.8) is 0 Å². The topological polar surface area (TPSA) is 69.7 Å². The number of carbonyl (C=O) groups is 3. The second-order valence-corrected chi connectivity index (χ2v) is 8.17. The normalized spacial score (nSPS) is 14.0. The van der Waals surface area contributed by atoms with Crippen LogP contribution in [0.4, 0.5) is 5.69 Å². The maximum absolute atomic E-state index is 13.4. The Morgan fingerprint density at radius 3 is 1.91 bits per heavy atom. The number of benzene rings is 3. The molecule has 172 valence electrons. The number of rotatable bonds is 6. The number of hydrogen-bond acceptors (Lipinski definition) is 4. The Hall–Kier alpha value is -4.19. The van der Waals surface area contributed by atoms with Gasteiger partial charge in [0.25, 0.3) is 11.8 Å². The smallest absolute Gasteiger partial charge is 0.270 e. The van der Waals surface area contributed by atoms with Crippen LogP contribution in [-0.2, 0) is 4.79 Å². The van der Waals surface area contributed by atoms with Crippen LogP contribution in [0.25, 0.3) is 6.08 Å². The Balaban J connectivity index is 1.47. The fraction of sp³-hybridized carbons (Fsp3) is 0.179. The van der Waals surface area contributed by atoms with E-state index in [1.807, 2.05) is 60.7 Å². The Bertz CT molecular complexity index is 1180. The van der Waals surface area contributed by atoms with Gasteiger partial charge in [0, 0.05) is 43.0 Å². The highest BCUT2D eigenvalue weighted by molar-refractivity contribution is 6.05. The van der Waals surface area contributed by atoms with Gasteiger partial charge in [-0.15, -0.1) is 0 Å². The highest BCUT2D eigenvalue weighted by Crippen LogP contribution is 2.19. The molecule has 1 fully saturated rings. The van der Waals surface area contributed by atoms with Crippen LogP contribution in [0.5, 0.6) is 0 Å². The van der Waals surface area contributed by atoms with Crippen LogP contribution in [0, 0.1) is 0 Å². The first-order valence-corrected chi connectivity index (χ1v) is 11.3. The summed E-state index contributed by atoms with van der Waals surface area (Å²) in [5, 5.41) is 2.82. The second kappa shape index (κ2) is 10.6. The highest BCUT2D eigenvalue weighted by Gasteiger charge is 2.25. The van der Waals surface area contributed by atoms with Gasteiger partial charge < -0.3 is 15.1 Å². The molecule has 0 bridgehead atoms. The van der Waals surface area contributed by atoms with Gasteiger partial charge in [0.05, 0.1) is 0 Å². The third-order valence-corrected chi connectivity index (χ3v) is 5.83. The Morgan fingerprint density at radius 2 is 1.32 bits per heavy atom. The third-order valence-electron chi connectivity index (χ3n) is 5.83. The van der Waals surface area contributed by atoms with E-state index in [9.17, 15) is 14.4 Å². The van der Waals surface area contributed by atoms with E-state index in [4.69, 9.17) is 0 Å². The Kier molecular flexibility index (Phi) is 7.18. The fourth-order valence-corrected chi connectivity index (χ4v) is 3.90. The lowest BCUT2D eigenvalue weighted by Gasteiger charge is -2.36. The number of ketones is 1. The summed E-state index contributed by atoms with van der Waals surface area (Å²) in [5.41, 5.74) is 3.28. The minimum Gasteiger partial charge on any atom is -0.368 e. The molecule has 0 atom stereocenters. The quantitative estimate of drug-likeness (QED) is 0.452. The van der Waals surface area contributed by atoms with Crippen LogP contribution in [0.3, 0.4) is 0 Å². The van der Waals surface area contributed by atoms with Gasteiger partial charge in [-0.1, -0.05) is 48.5 Å². The molecular formula is C28H27N3O3. The molecule has 0 unspecified atom stereocenters. The van der Waals surface area contributed by atoms with Gasteiger partial charge in [0.1, 0.15) is 5.70 Å². The first kappa shape index (κ1) is 23.0. The van der Waals surface area contributed by atoms with Crippen molar-refractivity contribution >= 4 is 29.4 Å². The molecule has 1 saturated heterocycles. The average molecular weight is 454 g/mol. The summed E-state index contributed by atoms with van der Waals surface area (Å²) in [6.07, 6.45) is 1.72. The van der Waals surface area contributed by atoms with Crippen molar-refractivity contribution in [1.82, 2.24) is 10.2 Å². The van der Waals surface area contributed by atoms with Gasteiger partial charge in [0.2, 0.25) is 0 Å². The molecule has 0 aliphatic carbocycles. The third kappa shape index (κ3) is 5.59. The predicted molar refractivity (Wildman–Crippen MR) is 134 cm³/mol. The van der Waals surface area contributed by atoms with Gasteiger partial charge in [-0.25, -0.2) is 0 Å². The van der Waals surface area contributed by atoms with E-state index in [1.165, 1.54) is 0 Å². The zero-order valence-corrected chi connectivity index (χ0v) is 19.1. The lowest BCUT2D eigenvalue weighted by molar-refractivity contribution is -0.127. The summed E-state index contributed by atoms with van der Waals surface area (Å²) in [7, 11) is 0. The number of carbonyl (C=O) groups excluding carboxylic acids is 3. The van der Waals surface area contributed by atoms with Crippen LogP contribution in [0.2, 0.25) is 0 Å². The van der Waals surface area contributed by atoms with Crippen LogP contribution in [-0.4, -0.2) is 48.7 Å². The molecule has 3 aromatic carbocycles. The summed E-state index contributed by atoms with van der Waals surface area (Å²) >= 11 is 0. The van der Waals surface area contributed by atoms with Crippen molar-refractivity contribution in [3.05, 3.63) is 107 Å². The molecule has 1 heterocycles. The number of piperazine rings is 1. The summed E-state index contributed by atoms with van der Waals surface area (Å²) in [6.45, 7) is 3.94. The molecule has 2 amide bonds. The first-order chi connectivity index (χ1) is 16.5. The van der Waals surface area contributed by atoms with E-state index in [1.54, 1.807) is 42.2 Å². The number of anilines is 1. The SMILES string of the molecule is CC(=O)c1ccc(N2CCN(C(=O)/C(=C/c3ccccc3)NC(=O)c3ccccc3)CC2)cc1. The summed E-state index contributed by atoms with van der Waals surface area (Å²) in [6, 6.07) is 25.9. The molecular weight excluding hydrogens is 426 g/mol. The van der Waals surface area contributed by atoms with E-state index in [2.05, 4.69) is 10.2 Å². The monoisotopic (exact) mass is 453 g/mol. The Morgan fingerprint density at radius 1 is 0.735 bits per heavy atom. The van der Waals surface area contributed by atoms with Crippen molar-refractivity contribution in [2.75, 3.05) is 31.1 Å². The highest BCUT2D eigenvalue weighted by atomic mass is 16.2. The van der Waals surface area contributed by atoms with E-state index >= 15 is 0 Å². The van der Waals surface area contributed by atoms with Gasteiger partial charge in [0.15, 0.2) is 5.78 Å². The average Bonchev–Trinajstić information content (AvgIpc) is 2.89. The fourth-order valence-electron chi connectivity index (χ4n) is 3.90. The maximum atomic E-state index is 13.4. The van der Waals surface area contributed by atoms with Crippen LogP contribution < -0.4 is 10.2 Å². The van der Waals surface area contributed by atoms with Crippen molar-refractivity contribution < 1.29 is 14.4 Å². The minimum absolute atomic E-state index is 0.0391. The van der Waals surface area contributed by atoms with Crippen LogP contribution in [0.1, 0.15) is 33.2 Å². The lowest BCUT2D eigenvalue weighted by atomic mass is 10.1. The second-order valence-electron chi connectivity index (χ2n) is 8.17. The molecule has 0 spiro atoms. The lowest BCUT2D eigenvalue weighted by Crippen LogP contribution is -2.50. The van der Waals surface area contributed by atoms with Crippen LogP contribution >= 0.6 is 0 Å². The molecule has 3 aromatic rings. The molecule has 1 aliphatic rings. The standard InChI is InChI=1S/C28H27N3O3/c1-21(32)23-12-14-25(15-13-23)30-16-18-31(19-17-30)28(34)26(20-22-8-4-2-5-9-22)29-27(33)24-10-6-3-7-11-24/h2-15,20H,16-19H2,1H3,(H,29,33)/b26-20-. The predicted octanol–water partition coefficient (Wildman–Crippen LogP) is 4.01. The number of amides is 2. The van der Waals surface area contributed by atoms with E-state index in [-0.39, 0.29) is 23.3 Å². The summed E-state index contributed by atoms with van der Waals surface area (Å²) in [4.78, 5) is 41.7. The molecule has 34 heavy (non-hydrogen) atoms. The zero-order chi connectivity index (χ0) is 23.9. The summed E-state index contributed by atoms with van der Waals surface area (Å²) < 4.78 is 0. The van der Waals surface area contributed by atoms with Gasteiger partial charge >= 0.3 is 0 Å². The minimum atomic E-state index is -0.319. The van der Waals surface area contributed by atoms with E-state index < -0.39 is 0 Å². The van der Waals surface area contributed by atoms with E-state index in [0.717, 1.165) is 11.3 Å². The number of Topliss-reactive ketones (excluding diaryl/α,β-unsaturated/α-hetero) is 1. The van der Waals surface area contributed by atoms with Crippen molar-refractivity contribution in [2.45, 2.75) is 6.92 Å². The number of nitrogens with zero attached hydrogens (tertiary/aromatic N) is 2. The van der Waals surface area contributed by atoms with Gasteiger partial charge in [-0.3, -0.25) is 14.4 Å². The van der Waals surface area contributed by atoms with Crippen molar-refractivity contribution in [2.24, 2.45) is 0 Å². The number of nitrogens with one attached hydrogen (secondary N) is 1. The van der Waals surface area contributed by atoms with Gasteiger partial charge in [-0.2, -0.15) is 0 Å². The first-order valence-electron chi connectivity index (χ1n) is 11.3. The van der Waals surface area contributed by atoms with Crippen molar-refractivity contribution in [1.29, 1.82) is 0 Å². The largest absolute Gasteiger partial charge is 0.368 e.